The zero-order valence-electron chi connectivity index (χ0n) is 23.6. The summed E-state index contributed by atoms with van der Waals surface area (Å²) in [7, 11) is 1.76. The topological polar surface area (TPSA) is 116 Å². The number of aryl methyl sites for hydroxylation is 1. The fourth-order valence-electron chi connectivity index (χ4n) is 4.87. The van der Waals surface area contributed by atoms with Crippen LogP contribution in [0.4, 0.5) is 10.5 Å². The van der Waals surface area contributed by atoms with Gasteiger partial charge in [0, 0.05) is 30.2 Å². The summed E-state index contributed by atoms with van der Waals surface area (Å²) in [5.41, 5.74) is 3.27. The maximum atomic E-state index is 13.0. The molecule has 2 aromatic heterocycles. The van der Waals surface area contributed by atoms with Gasteiger partial charge in [-0.05, 0) is 57.4 Å². The normalized spacial score (nSPS) is 15.1. The van der Waals surface area contributed by atoms with Crippen molar-refractivity contribution in [2.75, 3.05) is 11.9 Å². The molecule has 4 aromatic rings. The maximum absolute atomic E-state index is 13.0. The van der Waals surface area contributed by atoms with Crippen molar-refractivity contribution in [1.29, 1.82) is 0 Å². The number of carbonyl (C=O) groups is 3. The molecule has 1 aliphatic heterocycles. The Morgan fingerprint density at radius 3 is 2.46 bits per heavy atom. The minimum Gasteiger partial charge on any atom is -0.456 e. The molecule has 1 atom stereocenters. The van der Waals surface area contributed by atoms with Crippen molar-refractivity contribution in [3.8, 4) is 11.3 Å². The lowest BCUT2D eigenvalue weighted by Gasteiger charge is -2.28. The van der Waals surface area contributed by atoms with Crippen LogP contribution in [-0.2, 0) is 27.9 Å². The lowest BCUT2D eigenvalue weighted by molar-refractivity contribution is -0.120. The van der Waals surface area contributed by atoms with Gasteiger partial charge in [-0.3, -0.25) is 9.69 Å². The van der Waals surface area contributed by atoms with Gasteiger partial charge < -0.3 is 19.4 Å². The molecule has 2 amide bonds. The molecule has 1 aliphatic rings. The third-order valence-electron chi connectivity index (χ3n) is 6.85. The van der Waals surface area contributed by atoms with Crippen LogP contribution >= 0.6 is 0 Å². The fraction of sp³-hybridized carbons (Fsp3) is 0.323. The van der Waals surface area contributed by atoms with Crippen LogP contribution in [0.5, 0.6) is 0 Å². The molecule has 2 aromatic carbocycles. The highest BCUT2D eigenvalue weighted by Crippen LogP contribution is 2.29. The second kappa shape index (κ2) is 11.4. The molecule has 0 aliphatic carbocycles. The number of rotatable bonds is 6. The van der Waals surface area contributed by atoms with Gasteiger partial charge >= 0.3 is 12.1 Å². The van der Waals surface area contributed by atoms with Gasteiger partial charge in [-0.2, -0.15) is 0 Å². The third-order valence-corrected chi connectivity index (χ3v) is 6.85. The van der Waals surface area contributed by atoms with Gasteiger partial charge in [-0.15, -0.1) is 0 Å². The highest BCUT2D eigenvalue weighted by molar-refractivity contribution is 6.00. The lowest BCUT2D eigenvalue weighted by Crippen LogP contribution is -2.45. The number of anilines is 1. The summed E-state index contributed by atoms with van der Waals surface area (Å²) in [5.74, 6) is -0.710. The molecule has 1 saturated heterocycles. The van der Waals surface area contributed by atoms with E-state index in [4.69, 9.17) is 9.47 Å². The van der Waals surface area contributed by atoms with Crippen molar-refractivity contribution in [3.63, 3.8) is 0 Å². The molecule has 0 saturated carbocycles. The molecule has 0 bridgehead atoms. The van der Waals surface area contributed by atoms with Gasteiger partial charge in [0.25, 0.3) is 0 Å². The molecule has 212 valence electrons. The Morgan fingerprint density at radius 2 is 1.76 bits per heavy atom. The first-order valence-electron chi connectivity index (χ1n) is 13.5. The van der Waals surface area contributed by atoms with E-state index in [-0.39, 0.29) is 12.5 Å². The predicted octanol–water partition coefficient (Wildman–Crippen LogP) is 5.33. The second-order valence-corrected chi connectivity index (χ2v) is 11.0. The Kier molecular flexibility index (Phi) is 7.74. The number of hydrogen-bond donors (Lipinski definition) is 1. The molecule has 41 heavy (non-hydrogen) atoms. The van der Waals surface area contributed by atoms with Gasteiger partial charge in [0.15, 0.2) is 0 Å². The van der Waals surface area contributed by atoms with E-state index in [0.717, 1.165) is 17.5 Å². The number of ether oxygens (including phenoxy) is 2. The lowest BCUT2D eigenvalue weighted by atomic mass is 10.1. The van der Waals surface area contributed by atoms with Crippen molar-refractivity contribution in [1.82, 2.24) is 19.4 Å². The van der Waals surface area contributed by atoms with Crippen molar-refractivity contribution < 1.29 is 23.9 Å². The van der Waals surface area contributed by atoms with Crippen molar-refractivity contribution in [3.05, 3.63) is 78.2 Å². The highest BCUT2D eigenvalue weighted by Gasteiger charge is 2.36. The highest BCUT2D eigenvalue weighted by atomic mass is 16.6. The Hall–Kier alpha value is -4.73. The molecule has 3 heterocycles. The van der Waals surface area contributed by atoms with E-state index in [1.807, 2.05) is 42.5 Å². The number of nitrogens with zero attached hydrogens (tertiary/aromatic N) is 4. The predicted molar refractivity (Wildman–Crippen MR) is 154 cm³/mol. The first-order valence-corrected chi connectivity index (χ1v) is 13.5. The van der Waals surface area contributed by atoms with E-state index in [1.165, 1.54) is 11.2 Å². The molecule has 1 fully saturated rings. The Morgan fingerprint density at radius 1 is 1.02 bits per heavy atom. The summed E-state index contributed by atoms with van der Waals surface area (Å²) < 4.78 is 12.7. The number of hydrogen-bond acceptors (Lipinski definition) is 7. The van der Waals surface area contributed by atoms with Crippen molar-refractivity contribution in [2.45, 2.75) is 51.9 Å². The number of aromatic nitrogens is 3. The third kappa shape index (κ3) is 6.21. The average Bonchev–Trinajstić information content (AvgIpc) is 3.57. The molecule has 10 heteroatoms. The molecule has 0 unspecified atom stereocenters. The number of likely N-dealkylation sites (tertiary alicyclic amines) is 1. The minimum atomic E-state index is -0.634. The molecule has 1 N–H and O–H groups in total. The van der Waals surface area contributed by atoms with E-state index in [2.05, 4.69) is 15.3 Å². The van der Waals surface area contributed by atoms with Crippen LogP contribution in [0.15, 0.2) is 67.0 Å². The summed E-state index contributed by atoms with van der Waals surface area (Å²) in [4.78, 5) is 48.9. The SMILES string of the molecule is Cn1c(C(=O)OCc2ccccc2)cc2c(-c3ccc(NC(=O)[C@@H]4CCCN4C(=O)OC(C)(C)C)cc3)ncnc21. The number of esters is 1. The second-order valence-electron chi connectivity index (χ2n) is 11.0. The van der Waals surface area contributed by atoms with Crippen LogP contribution < -0.4 is 5.32 Å². The van der Waals surface area contributed by atoms with Crippen LogP contribution in [0.3, 0.4) is 0 Å². The van der Waals surface area contributed by atoms with E-state index in [9.17, 15) is 14.4 Å². The number of carbonyl (C=O) groups excluding carboxylic acids is 3. The Labute approximate surface area is 238 Å². The smallest absolute Gasteiger partial charge is 0.410 e. The van der Waals surface area contributed by atoms with E-state index >= 15 is 0 Å². The summed E-state index contributed by atoms with van der Waals surface area (Å²) in [5, 5.41) is 3.62. The fourth-order valence-corrected chi connectivity index (χ4v) is 4.87. The summed E-state index contributed by atoms with van der Waals surface area (Å²) >= 11 is 0. The van der Waals surface area contributed by atoms with Crippen LogP contribution in [0.25, 0.3) is 22.3 Å². The van der Waals surface area contributed by atoms with Crippen LogP contribution in [-0.4, -0.2) is 55.6 Å². The quantitative estimate of drug-likeness (QED) is 0.320. The summed E-state index contributed by atoms with van der Waals surface area (Å²) in [6.07, 6.45) is 2.28. The van der Waals surface area contributed by atoms with Crippen molar-refractivity contribution >= 4 is 34.7 Å². The number of benzene rings is 2. The zero-order valence-corrected chi connectivity index (χ0v) is 23.6. The van der Waals surface area contributed by atoms with Crippen LogP contribution in [0.2, 0.25) is 0 Å². The number of nitrogens with one attached hydrogen (secondary N) is 1. The van der Waals surface area contributed by atoms with E-state index in [0.29, 0.717) is 41.1 Å². The van der Waals surface area contributed by atoms with Gasteiger partial charge in [-0.1, -0.05) is 42.5 Å². The van der Waals surface area contributed by atoms with Gasteiger partial charge in [-0.25, -0.2) is 19.6 Å². The first-order chi connectivity index (χ1) is 19.6. The molecule has 0 spiro atoms. The number of fused-ring (bicyclic) bond motifs is 1. The molecule has 5 rings (SSSR count). The zero-order chi connectivity index (χ0) is 29.1. The molecular formula is C31H33N5O5. The van der Waals surface area contributed by atoms with Gasteiger partial charge in [0.05, 0.1) is 5.69 Å². The van der Waals surface area contributed by atoms with Crippen LogP contribution in [0, 0.1) is 0 Å². The van der Waals surface area contributed by atoms with E-state index in [1.54, 1.807) is 50.6 Å². The summed E-state index contributed by atoms with van der Waals surface area (Å²) in [6, 6.07) is 17.9. The Bertz CT molecular complexity index is 1570. The molecule has 10 nitrogen and oxygen atoms in total. The maximum Gasteiger partial charge on any atom is 0.410 e. The van der Waals surface area contributed by atoms with Gasteiger partial charge in [0.1, 0.15) is 35.9 Å². The minimum absolute atomic E-state index is 0.170. The van der Waals surface area contributed by atoms with Crippen LogP contribution in [0.1, 0.15) is 49.7 Å². The summed E-state index contributed by atoms with van der Waals surface area (Å²) in [6.45, 7) is 6.06. The average molecular weight is 556 g/mol. The first kappa shape index (κ1) is 27.8. The van der Waals surface area contributed by atoms with Gasteiger partial charge in [0.2, 0.25) is 5.91 Å². The monoisotopic (exact) mass is 555 g/mol. The largest absolute Gasteiger partial charge is 0.456 e. The number of amides is 2. The molecule has 0 radical (unpaired) electrons. The van der Waals surface area contributed by atoms with E-state index < -0.39 is 23.7 Å². The standard InChI is InChI=1S/C31H33N5O5/c1-31(2,3)41-30(39)36-16-8-11-24(36)28(37)34-22-14-12-21(13-15-22)26-23-17-25(35(4)27(23)33-19-32-26)29(38)40-18-20-9-6-5-7-10-20/h5-7,9-10,12-15,17,19,24H,8,11,16,18H2,1-4H3,(H,34,37)/t24-/m0/s1. The molecular weight excluding hydrogens is 522 g/mol. The Balaban J connectivity index is 1.30. The van der Waals surface area contributed by atoms with Crippen molar-refractivity contribution in [2.24, 2.45) is 7.05 Å².